The van der Waals surface area contributed by atoms with Crippen molar-refractivity contribution >= 4 is 0 Å². The number of aliphatic hydroxyl groups excluding tert-OH is 2. The smallest absolute Gasteiger partial charge is 0.0613 e. The van der Waals surface area contributed by atoms with Gasteiger partial charge in [-0.3, -0.25) is 0 Å². The fourth-order valence-electron chi connectivity index (χ4n) is 0.919. The Labute approximate surface area is 101 Å². The van der Waals surface area contributed by atoms with Gasteiger partial charge in [0.15, 0.2) is 0 Å². The van der Waals surface area contributed by atoms with Crippen LogP contribution in [0.4, 0.5) is 0 Å². The van der Waals surface area contributed by atoms with E-state index in [2.05, 4.69) is 0 Å². The molecule has 14 heavy (non-hydrogen) atoms. The Balaban J connectivity index is 0. The summed E-state index contributed by atoms with van der Waals surface area (Å²) in [6, 6.07) is 0. The molecular weight excluding hydrogens is 356 g/mol. The van der Waals surface area contributed by atoms with Gasteiger partial charge in [-0.2, -0.15) is 0 Å². The van der Waals surface area contributed by atoms with Gasteiger partial charge in [0.2, 0.25) is 0 Å². The zero-order chi connectivity index (χ0) is 10.9. The van der Waals surface area contributed by atoms with Crippen LogP contribution in [0.1, 0.15) is 48.0 Å². The van der Waals surface area contributed by atoms with E-state index in [1.165, 1.54) is 0 Å². The zero-order valence-corrected chi connectivity index (χ0v) is 12.5. The van der Waals surface area contributed by atoms with E-state index in [0.29, 0.717) is 6.42 Å². The Morgan fingerprint density at radius 1 is 0.786 bits per heavy atom. The standard InChI is InChI=1S/C11H24O2.Ir/c1-10(2,3)8(12)7-9(13)11(4,5)6;/h8-9,12-13H,7H2,1-6H3;. The Morgan fingerprint density at radius 3 is 1.14 bits per heavy atom. The first kappa shape index (κ1) is 17.0. The summed E-state index contributed by atoms with van der Waals surface area (Å²) in [5.74, 6) is 0. The minimum atomic E-state index is -0.443. The molecule has 0 saturated carbocycles. The summed E-state index contributed by atoms with van der Waals surface area (Å²) in [5.41, 5.74) is -0.293. The van der Waals surface area contributed by atoms with Gasteiger partial charge in [0.25, 0.3) is 0 Å². The summed E-state index contributed by atoms with van der Waals surface area (Å²) < 4.78 is 0. The summed E-state index contributed by atoms with van der Waals surface area (Å²) in [6.45, 7) is 11.9. The molecule has 0 saturated heterocycles. The minimum Gasteiger partial charge on any atom is -0.392 e. The van der Waals surface area contributed by atoms with Crippen molar-refractivity contribution in [3.63, 3.8) is 0 Å². The second-order valence-electron chi connectivity index (χ2n) is 6.00. The molecule has 1 radical (unpaired) electrons. The molecule has 0 bridgehead atoms. The largest absolute Gasteiger partial charge is 0.392 e. The molecule has 2 N–H and O–H groups in total. The van der Waals surface area contributed by atoms with Crippen LogP contribution >= 0.6 is 0 Å². The van der Waals surface area contributed by atoms with Crippen molar-refractivity contribution in [1.82, 2.24) is 0 Å². The molecule has 2 atom stereocenters. The normalized spacial score (nSPS) is 17.1. The summed E-state index contributed by atoms with van der Waals surface area (Å²) >= 11 is 0. The van der Waals surface area contributed by atoms with E-state index in [1.54, 1.807) is 0 Å². The van der Waals surface area contributed by atoms with Gasteiger partial charge in [-0.05, 0) is 10.8 Å². The maximum Gasteiger partial charge on any atom is 0.0613 e. The van der Waals surface area contributed by atoms with Crippen molar-refractivity contribution in [2.45, 2.75) is 60.2 Å². The van der Waals surface area contributed by atoms with Gasteiger partial charge in [0.1, 0.15) is 0 Å². The molecule has 0 aromatic heterocycles. The molecule has 0 spiro atoms. The molecule has 2 nitrogen and oxygen atoms in total. The molecule has 0 aromatic carbocycles. The third kappa shape index (κ3) is 6.13. The SMILES string of the molecule is CC(C)(C)C(O)CC(O)C(C)(C)C.[Ir]. The van der Waals surface area contributed by atoms with E-state index in [4.69, 9.17) is 0 Å². The van der Waals surface area contributed by atoms with E-state index in [1.807, 2.05) is 41.5 Å². The predicted octanol–water partition coefficient (Wildman–Crippen LogP) is 2.19. The summed E-state index contributed by atoms with van der Waals surface area (Å²) in [7, 11) is 0. The van der Waals surface area contributed by atoms with Crippen molar-refractivity contribution < 1.29 is 30.3 Å². The summed E-state index contributed by atoms with van der Waals surface area (Å²) in [5, 5.41) is 19.5. The third-order valence-electron chi connectivity index (χ3n) is 2.45. The van der Waals surface area contributed by atoms with Crippen LogP contribution in [-0.4, -0.2) is 22.4 Å². The number of hydrogen-bond donors (Lipinski definition) is 2. The van der Waals surface area contributed by atoms with Crippen molar-refractivity contribution in [3.05, 3.63) is 0 Å². The first-order valence-electron chi connectivity index (χ1n) is 4.91. The molecule has 0 aliphatic carbocycles. The first-order chi connectivity index (χ1) is 5.55. The molecule has 2 unspecified atom stereocenters. The Hall–Kier alpha value is 0.569. The van der Waals surface area contributed by atoms with Gasteiger partial charge in [-0.15, -0.1) is 0 Å². The second-order valence-corrected chi connectivity index (χ2v) is 6.00. The van der Waals surface area contributed by atoms with Crippen LogP contribution in [0.2, 0.25) is 0 Å². The Kier molecular flexibility index (Phi) is 6.79. The van der Waals surface area contributed by atoms with Crippen LogP contribution in [-0.2, 0) is 20.1 Å². The topological polar surface area (TPSA) is 40.5 Å². The van der Waals surface area contributed by atoms with Crippen LogP contribution in [0, 0.1) is 10.8 Å². The second kappa shape index (κ2) is 5.60. The molecule has 0 aliphatic rings. The monoisotopic (exact) mass is 381 g/mol. The van der Waals surface area contributed by atoms with Crippen LogP contribution in [0.5, 0.6) is 0 Å². The van der Waals surface area contributed by atoms with Gasteiger partial charge in [0, 0.05) is 26.5 Å². The zero-order valence-electron chi connectivity index (χ0n) is 10.1. The average molecular weight is 381 g/mol. The molecule has 0 amide bonds. The molecule has 0 rings (SSSR count). The Bertz CT molecular complexity index is 138. The van der Waals surface area contributed by atoms with E-state index < -0.39 is 12.2 Å². The minimum absolute atomic E-state index is 0. The van der Waals surface area contributed by atoms with Crippen LogP contribution in [0.3, 0.4) is 0 Å². The van der Waals surface area contributed by atoms with Crippen molar-refractivity contribution in [1.29, 1.82) is 0 Å². The third-order valence-corrected chi connectivity index (χ3v) is 2.45. The van der Waals surface area contributed by atoms with Crippen molar-refractivity contribution in [3.8, 4) is 0 Å². The molecule has 0 aliphatic heterocycles. The predicted molar refractivity (Wildman–Crippen MR) is 55.5 cm³/mol. The van der Waals surface area contributed by atoms with Gasteiger partial charge < -0.3 is 10.2 Å². The van der Waals surface area contributed by atoms with Gasteiger partial charge in [0.05, 0.1) is 12.2 Å². The maximum atomic E-state index is 9.76. The summed E-state index contributed by atoms with van der Waals surface area (Å²) in [6.07, 6.45) is -0.434. The van der Waals surface area contributed by atoms with E-state index in [0.717, 1.165) is 0 Å². The van der Waals surface area contributed by atoms with Crippen molar-refractivity contribution in [2.75, 3.05) is 0 Å². The fourth-order valence-corrected chi connectivity index (χ4v) is 0.919. The maximum absolute atomic E-state index is 9.76. The van der Waals surface area contributed by atoms with E-state index in [9.17, 15) is 10.2 Å². The van der Waals surface area contributed by atoms with Gasteiger partial charge in [-0.25, -0.2) is 0 Å². The molecule has 0 fully saturated rings. The van der Waals surface area contributed by atoms with E-state index in [-0.39, 0.29) is 30.9 Å². The van der Waals surface area contributed by atoms with Crippen LogP contribution in [0.25, 0.3) is 0 Å². The molecule has 89 valence electrons. The molecule has 0 aromatic rings. The van der Waals surface area contributed by atoms with Crippen LogP contribution in [0.15, 0.2) is 0 Å². The molecule has 0 heterocycles. The molecule has 3 heteroatoms. The number of aliphatic hydroxyl groups is 2. The van der Waals surface area contributed by atoms with Gasteiger partial charge in [-0.1, -0.05) is 41.5 Å². The number of hydrogen-bond acceptors (Lipinski definition) is 2. The van der Waals surface area contributed by atoms with Gasteiger partial charge >= 0.3 is 0 Å². The van der Waals surface area contributed by atoms with Crippen molar-refractivity contribution in [2.24, 2.45) is 10.8 Å². The fraction of sp³-hybridized carbons (Fsp3) is 1.00. The van der Waals surface area contributed by atoms with Crippen LogP contribution < -0.4 is 0 Å². The number of rotatable bonds is 2. The Morgan fingerprint density at radius 2 is 1.00 bits per heavy atom. The first-order valence-corrected chi connectivity index (χ1v) is 4.91. The average Bonchev–Trinajstić information content (AvgIpc) is 1.82. The quantitative estimate of drug-likeness (QED) is 0.771. The van der Waals surface area contributed by atoms with E-state index >= 15 is 0 Å². The molecular formula is C11H24IrO2. The summed E-state index contributed by atoms with van der Waals surface area (Å²) in [4.78, 5) is 0.